The number of carbonyl (C=O) groups excluding carboxylic acids is 1. The van der Waals surface area contributed by atoms with Gasteiger partial charge >= 0.3 is 0 Å². The fourth-order valence-corrected chi connectivity index (χ4v) is 2.16. The fourth-order valence-electron chi connectivity index (χ4n) is 2.16. The first-order valence-corrected chi connectivity index (χ1v) is 6.84. The summed E-state index contributed by atoms with van der Waals surface area (Å²) in [5, 5.41) is 16.0. The maximum Gasteiger partial charge on any atom is 0.224 e. The molecule has 0 spiro atoms. The lowest BCUT2D eigenvalue weighted by atomic mass is 10.1. The molecule has 0 atom stereocenters. The number of nitrogens with zero attached hydrogens (tertiary/aromatic N) is 3. The number of nitrogens with one attached hydrogen (secondary N) is 2. The number of benzene rings is 1. The molecular weight excluding hydrogens is 278 g/mol. The zero-order valence-electron chi connectivity index (χ0n) is 11.7. The molecular formula is C16H13N5O. The molecule has 0 saturated carbocycles. The number of amides is 1. The van der Waals surface area contributed by atoms with Crippen LogP contribution in [0.4, 0.5) is 11.4 Å². The van der Waals surface area contributed by atoms with Gasteiger partial charge in [-0.1, -0.05) is 0 Å². The topological polar surface area (TPSA) is 90.2 Å². The smallest absolute Gasteiger partial charge is 0.224 e. The number of carbonyl (C=O) groups is 1. The number of rotatable bonds is 2. The van der Waals surface area contributed by atoms with E-state index < -0.39 is 0 Å². The molecule has 1 amide bonds. The van der Waals surface area contributed by atoms with E-state index in [0.29, 0.717) is 29.8 Å². The average molecular weight is 291 g/mol. The first kappa shape index (κ1) is 13.8. The van der Waals surface area contributed by atoms with E-state index in [4.69, 9.17) is 5.26 Å². The monoisotopic (exact) mass is 291 g/mol. The molecule has 2 heterocycles. The van der Waals surface area contributed by atoms with E-state index in [-0.39, 0.29) is 5.91 Å². The molecule has 0 bridgehead atoms. The van der Waals surface area contributed by atoms with Crippen molar-refractivity contribution in [2.75, 3.05) is 10.7 Å². The molecule has 2 N–H and O–H groups in total. The highest BCUT2D eigenvalue weighted by Crippen LogP contribution is 2.20. The van der Waals surface area contributed by atoms with Crippen molar-refractivity contribution in [3.05, 3.63) is 53.9 Å². The van der Waals surface area contributed by atoms with Gasteiger partial charge in [0.15, 0.2) is 0 Å². The number of hydrogen-bond donors (Lipinski definition) is 2. The van der Waals surface area contributed by atoms with Crippen molar-refractivity contribution < 1.29 is 4.79 Å². The molecule has 1 aliphatic heterocycles. The second-order valence-corrected chi connectivity index (χ2v) is 4.81. The van der Waals surface area contributed by atoms with E-state index >= 15 is 0 Å². The molecule has 1 aliphatic rings. The summed E-state index contributed by atoms with van der Waals surface area (Å²) >= 11 is 0. The quantitative estimate of drug-likeness (QED) is 0.832. The zero-order valence-corrected chi connectivity index (χ0v) is 11.7. The van der Waals surface area contributed by atoms with Crippen LogP contribution in [0.15, 0.2) is 47.7 Å². The molecule has 6 nitrogen and oxygen atoms in total. The SMILES string of the molecule is N#Cc1ccc(N/N=C2/CCC(=O)Nc3cccnc32)cc1. The number of hydrogen-bond acceptors (Lipinski definition) is 5. The summed E-state index contributed by atoms with van der Waals surface area (Å²) < 4.78 is 0. The summed E-state index contributed by atoms with van der Waals surface area (Å²) in [6.07, 6.45) is 2.55. The van der Waals surface area contributed by atoms with Gasteiger partial charge in [-0.15, -0.1) is 0 Å². The molecule has 0 fully saturated rings. The summed E-state index contributed by atoms with van der Waals surface area (Å²) in [5.41, 5.74) is 6.38. The number of nitriles is 1. The first-order chi connectivity index (χ1) is 10.8. The van der Waals surface area contributed by atoms with E-state index in [1.807, 2.05) is 6.07 Å². The predicted octanol–water partition coefficient (Wildman–Crippen LogP) is 2.50. The molecule has 0 saturated heterocycles. The van der Waals surface area contributed by atoms with Crippen molar-refractivity contribution in [2.24, 2.45) is 5.10 Å². The Bertz CT molecular complexity index is 774. The molecule has 1 aromatic carbocycles. The molecule has 22 heavy (non-hydrogen) atoms. The Morgan fingerprint density at radius 1 is 1.23 bits per heavy atom. The number of fused-ring (bicyclic) bond motifs is 1. The van der Waals surface area contributed by atoms with Crippen LogP contribution in [0.1, 0.15) is 24.1 Å². The first-order valence-electron chi connectivity index (χ1n) is 6.84. The molecule has 108 valence electrons. The van der Waals surface area contributed by atoms with Crippen molar-refractivity contribution in [1.29, 1.82) is 5.26 Å². The summed E-state index contributed by atoms with van der Waals surface area (Å²) in [7, 11) is 0. The van der Waals surface area contributed by atoms with Gasteiger partial charge in [-0.05, 0) is 36.4 Å². The molecule has 6 heteroatoms. The molecule has 0 aliphatic carbocycles. The van der Waals surface area contributed by atoms with E-state index in [9.17, 15) is 4.79 Å². The lowest BCUT2D eigenvalue weighted by Crippen LogP contribution is -2.09. The van der Waals surface area contributed by atoms with Crippen LogP contribution in [0.2, 0.25) is 0 Å². The fraction of sp³-hybridized carbons (Fsp3) is 0.125. The van der Waals surface area contributed by atoms with Crippen molar-refractivity contribution in [1.82, 2.24) is 4.98 Å². The number of aromatic nitrogens is 1. The van der Waals surface area contributed by atoms with Gasteiger partial charge in [0, 0.05) is 19.0 Å². The molecule has 2 aromatic rings. The van der Waals surface area contributed by atoms with E-state index in [2.05, 4.69) is 26.9 Å². The minimum Gasteiger partial charge on any atom is -0.324 e. The lowest BCUT2D eigenvalue weighted by Gasteiger charge is -2.07. The summed E-state index contributed by atoms with van der Waals surface area (Å²) in [4.78, 5) is 16.0. The van der Waals surface area contributed by atoms with Gasteiger partial charge < -0.3 is 5.32 Å². The summed E-state index contributed by atoms with van der Waals surface area (Å²) in [5.74, 6) is -0.0437. The van der Waals surface area contributed by atoms with Crippen LogP contribution in [-0.4, -0.2) is 16.6 Å². The van der Waals surface area contributed by atoms with Gasteiger partial charge in [0.2, 0.25) is 5.91 Å². The maximum atomic E-state index is 11.7. The summed E-state index contributed by atoms with van der Waals surface area (Å²) in [6.45, 7) is 0. The molecule has 0 radical (unpaired) electrons. The van der Waals surface area contributed by atoms with Crippen LogP contribution in [0, 0.1) is 11.3 Å². The highest BCUT2D eigenvalue weighted by Gasteiger charge is 2.18. The summed E-state index contributed by atoms with van der Waals surface area (Å²) in [6, 6.07) is 12.6. The van der Waals surface area contributed by atoms with Crippen molar-refractivity contribution in [2.45, 2.75) is 12.8 Å². The second-order valence-electron chi connectivity index (χ2n) is 4.81. The van der Waals surface area contributed by atoms with Gasteiger partial charge in [-0.2, -0.15) is 10.4 Å². The number of pyridine rings is 1. The number of hydrazone groups is 1. The Morgan fingerprint density at radius 3 is 2.82 bits per heavy atom. The zero-order chi connectivity index (χ0) is 15.4. The van der Waals surface area contributed by atoms with Crippen molar-refractivity contribution in [3.63, 3.8) is 0 Å². The number of anilines is 2. The lowest BCUT2D eigenvalue weighted by molar-refractivity contribution is -0.116. The van der Waals surface area contributed by atoms with Crippen LogP contribution < -0.4 is 10.7 Å². The van der Waals surface area contributed by atoms with Crippen LogP contribution in [0.5, 0.6) is 0 Å². The predicted molar refractivity (Wildman–Crippen MR) is 83.4 cm³/mol. The van der Waals surface area contributed by atoms with E-state index in [1.165, 1.54) is 0 Å². The maximum absolute atomic E-state index is 11.7. The second kappa shape index (κ2) is 6.06. The third kappa shape index (κ3) is 2.94. The third-order valence-electron chi connectivity index (χ3n) is 3.28. The van der Waals surface area contributed by atoms with Crippen molar-refractivity contribution in [3.8, 4) is 6.07 Å². The van der Waals surface area contributed by atoms with Crippen LogP contribution >= 0.6 is 0 Å². The highest BCUT2D eigenvalue weighted by molar-refractivity contribution is 6.10. The van der Waals surface area contributed by atoms with Gasteiger partial charge in [-0.25, -0.2) is 0 Å². The van der Waals surface area contributed by atoms with Gasteiger partial charge in [0.1, 0.15) is 5.69 Å². The Hall–Kier alpha value is -3.20. The van der Waals surface area contributed by atoms with Gasteiger partial charge in [0.05, 0.1) is 28.7 Å². The van der Waals surface area contributed by atoms with Crippen molar-refractivity contribution >= 4 is 23.0 Å². The average Bonchev–Trinajstić information content (AvgIpc) is 2.72. The molecule has 3 rings (SSSR count). The van der Waals surface area contributed by atoms with Crippen LogP contribution in [-0.2, 0) is 4.79 Å². The molecule has 0 unspecified atom stereocenters. The van der Waals surface area contributed by atoms with E-state index in [0.717, 1.165) is 11.4 Å². The Kier molecular flexibility index (Phi) is 3.79. The largest absolute Gasteiger partial charge is 0.324 e. The van der Waals surface area contributed by atoms with Crippen LogP contribution in [0.25, 0.3) is 0 Å². The standard InChI is InChI=1S/C16H13N5O/c17-10-11-3-5-12(6-4-11)20-21-14-7-8-15(22)19-13-2-1-9-18-16(13)14/h1-6,9,20H,7-8H2,(H,19,22)/b21-14-. The minimum absolute atomic E-state index is 0.0437. The Labute approximate surface area is 127 Å². The highest BCUT2D eigenvalue weighted by atomic mass is 16.1. The third-order valence-corrected chi connectivity index (χ3v) is 3.28. The Balaban J connectivity index is 1.86. The van der Waals surface area contributed by atoms with Gasteiger partial charge in [-0.3, -0.25) is 15.2 Å². The molecule has 1 aromatic heterocycles. The Morgan fingerprint density at radius 2 is 2.05 bits per heavy atom. The van der Waals surface area contributed by atoms with Crippen LogP contribution in [0.3, 0.4) is 0 Å². The minimum atomic E-state index is -0.0437. The normalized spacial score (nSPS) is 15.4. The van der Waals surface area contributed by atoms with Gasteiger partial charge in [0.25, 0.3) is 0 Å². The van der Waals surface area contributed by atoms with E-state index in [1.54, 1.807) is 36.5 Å².